The van der Waals surface area contributed by atoms with Gasteiger partial charge < -0.3 is 20.1 Å². The Hall–Kier alpha value is -3.40. The van der Waals surface area contributed by atoms with Crippen molar-refractivity contribution in [3.05, 3.63) is 48.5 Å². The summed E-state index contributed by atoms with van der Waals surface area (Å²) in [6.07, 6.45) is 5.19. The first-order valence-corrected chi connectivity index (χ1v) is 13.6. The number of hydrogen-bond acceptors (Lipinski definition) is 6. The predicted octanol–water partition coefficient (Wildman–Crippen LogP) is 2.97. The van der Waals surface area contributed by atoms with Crippen LogP contribution in [0, 0.1) is 0 Å². The van der Waals surface area contributed by atoms with Crippen LogP contribution in [-0.4, -0.2) is 52.3 Å². The molecule has 2 N–H and O–H groups in total. The summed E-state index contributed by atoms with van der Waals surface area (Å²) in [5, 5.41) is 5.73. The van der Waals surface area contributed by atoms with E-state index in [2.05, 4.69) is 10.6 Å². The van der Waals surface area contributed by atoms with Gasteiger partial charge in [0, 0.05) is 34.3 Å². The van der Waals surface area contributed by atoms with Crippen molar-refractivity contribution in [3.8, 4) is 11.5 Å². The lowest BCUT2D eigenvalue weighted by molar-refractivity contribution is -0.126. The van der Waals surface area contributed by atoms with E-state index in [1.54, 1.807) is 49.4 Å². The van der Waals surface area contributed by atoms with Crippen LogP contribution in [0.3, 0.4) is 0 Å². The standard InChI is InChI=1S/C26H31N3O6S/c1-18(26(32)28-19-8-4-2-5-9-19)29(21-10-6-3-7-11-21)25(31)16-36(33)15-24(30)27-20-12-13-22-23(14-20)35-17-34-22/h3,6-7,10-14,18-19H,2,4-5,8-9,15-17H2,1H3,(H,27,30)(H,28,32)/t18-,36-/m0/s1. The van der Waals surface area contributed by atoms with E-state index < -0.39 is 28.7 Å². The molecule has 9 nitrogen and oxygen atoms in total. The zero-order valence-electron chi connectivity index (χ0n) is 20.2. The van der Waals surface area contributed by atoms with Gasteiger partial charge in [0.15, 0.2) is 11.5 Å². The van der Waals surface area contributed by atoms with Gasteiger partial charge in [-0.2, -0.15) is 0 Å². The van der Waals surface area contributed by atoms with Gasteiger partial charge in [0.05, 0.1) is 0 Å². The van der Waals surface area contributed by atoms with E-state index in [0.29, 0.717) is 22.9 Å². The van der Waals surface area contributed by atoms with Gasteiger partial charge in [-0.3, -0.25) is 23.5 Å². The van der Waals surface area contributed by atoms with Crippen LogP contribution in [-0.2, 0) is 25.2 Å². The highest BCUT2D eigenvalue weighted by molar-refractivity contribution is 7.86. The molecular formula is C26H31N3O6S. The third-order valence-electron chi connectivity index (χ3n) is 6.25. The molecule has 0 aromatic heterocycles. The molecule has 0 radical (unpaired) electrons. The summed E-state index contributed by atoms with van der Waals surface area (Å²) >= 11 is 0. The van der Waals surface area contributed by atoms with Crippen molar-refractivity contribution in [2.24, 2.45) is 0 Å². The van der Waals surface area contributed by atoms with Crippen molar-refractivity contribution in [1.29, 1.82) is 0 Å². The summed E-state index contributed by atoms with van der Waals surface area (Å²) in [7, 11) is -1.77. The molecule has 1 aliphatic heterocycles. The number of carbonyl (C=O) groups excluding carboxylic acids is 3. The van der Waals surface area contributed by atoms with Gasteiger partial charge in [-0.1, -0.05) is 37.5 Å². The normalized spacial score (nSPS) is 16.6. The predicted molar refractivity (Wildman–Crippen MR) is 137 cm³/mol. The van der Waals surface area contributed by atoms with Crippen LogP contribution in [0.15, 0.2) is 48.5 Å². The smallest absolute Gasteiger partial charge is 0.243 e. The van der Waals surface area contributed by atoms with Crippen LogP contribution in [0.4, 0.5) is 11.4 Å². The zero-order valence-corrected chi connectivity index (χ0v) is 21.1. The minimum Gasteiger partial charge on any atom is -0.454 e. The minimum atomic E-state index is -1.77. The molecule has 2 aliphatic rings. The highest BCUT2D eigenvalue weighted by atomic mass is 32.2. The van der Waals surface area contributed by atoms with E-state index in [0.717, 1.165) is 25.7 Å². The number of para-hydroxylation sites is 1. The fraction of sp³-hybridized carbons (Fsp3) is 0.423. The Bertz CT molecular complexity index is 1120. The number of hydrogen-bond donors (Lipinski definition) is 2. The summed E-state index contributed by atoms with van der Waals surface area (Å²) in [4.78, 5) is 40.1. The van der Waals surface area contributed by atoms with Crippen molar-refractivity contribution in [2.75, 3.05) is 28.5 Å². The van der Waals surface area contributed by atoms with Crippen LogP contribution in [0.5, 0.6) is 11.5 Å². The Balaban J connectivity index is 1.37. The maximum Gasteiger partial charge on any atom is 0.243 e. The second-order valence-electron chi connectivity index (χ2n) is 8.96. The molecule has 0 saturated heterocycles. The van der Waals surface area contributed by atoms with Crippen LogP contribution in [0.2, 0.25) is 0 Å². The number of amides is 3. The first-order valence-electron chi connectivity index (χ1n) is 12.1. The number of rotatable bonds is 9. The molecule has 1 saturated carbocycles. The molecule has 192 valence electrons. The molecule has 1 heterocycles. The molecule has 1 fully saturated rings. The first kappa shape index (κ1) is 25.7. The second-order valence-corrected chi connectivity index (χ2v) is 10.4. The number of nitrogens with one attached hydrogen (secondary N) is 2. The Morgan fingerprint density at radius 2 is 1.72 bits per heavy atom. The van der Waals surface area contributed by atoms with Crippen LogP contribution in [0.1, 0.15) is 39.0 Å². The molecule has 10 heteroatoms. The van der Waals surface area contributed by atoms with Crippen LogP contribution < -0.4 is 25.0 Å². The average molecular weight is 514 g/mol. The lowest BCUT2D eigenvalue weighted by Crippen LogP contribution is -2.52. The molecule has 2 aromatic carbocycles. The molecule has 0 bridgehead atoms. The molecule has 1 aliphatic carbocycles. The fourth-order valence-electron chi connectivity index (χ4n) is 4.43. The van der Waals surface area contributed by atoms with Crippen LogP contribution >= 0.6 is 0 Å². The van der Waals surface area contributed by atoms with E-state index >= 15 is 0 Å². The summed E-state index contributed by atoms with van der Waals surface area (Å²) < 4.78 is 23.3. The fourth-order valence-corrected chi connectivity index (χ4v) is 5.32. The van der Waals surface area contributed by atoms with Gasteiger partial charge in [0.25, 0.3) is 0 Å². The third-order valence-corrected chi connectivity index (χ3v) is 7.41. The number of benzene rings is 2. The highest BCUT2D eigenvalue weighted by Gasteiger charge is 2.30. The number of anilines is 2. The summed E-state index contributed by atoms with van der Waals surface area (Å²) in [6, 6.07) is 13.1. The van der Waals surface area contributed by atoms with Crippen molar-refractivity contribution < 1.29 is 28.1 Å². The van der Waals surface area contributed by atoms with Gasteiger partial charge >= 0.3 is 0 Å². The van der Waals surface area contributed by atoms with Gasteiger partial charge in [-0.15, -0.1) is 0 Å². The maximum absolute atomic E-state index is 13.3. The Morgan fingerprint density at radius 1 is 1.00 bits per heavy atom. The van der Waals surface area contributed by atoms with Crippen molar-refractivity contribution in [1.82, 2.24) is 5.32 Å². The monoisotopic (exact) mass is 513 g/mol. The number of carbonyl (C=O) groups is 3. The molecule has 0 unspecified atom stereocenters. The Morgan fingerprint density at radius 3 is 2.47 bits per heavy atom. The molecule has 4 rings (SSSR count). The highest BCUT2D eigenvalue weighted by Crippen LogP contribution is 2.34. The topological polar surface area (TPSA) is 114 Å². The Kier molecular flexibility index (Phi) is 8.58. The molecule has 2 atom stereocenters. The van der Waals surface area contributed by atoms with E-state index in [1.165, 1.54) is 11.3 Å². The number of ether oxygens (including phenoxy) is 2. The molecular weight excluding hydrogens is 482 g/mol. The van der Waals surface area contributed by atoms with Crippen molar-refractivity contribution >= 4 is 39.9 Å². The van der Waals surface area contributed by atoms with Crippen LogP contribution in [0.25, 0.3) is 0 Å². The van der Waals surface area contributed by atoms with E-state index in [9.17, 15) is 18.6 Å². The quantitative estimate of drug-likeness (QED) is 0.533. The summed E-state index contributed by atoms with van der Waals surface area (Å²) in [5.41, 5.74) is 1.02. The molecule has 0 spiro atoms. The van der Waals surface area contributed by atoms with E-state index in [4.69, 9.17) is 9.47 Å². The largest absolute Gasteiger partial charge is 0.454 e. The minimum absolute atomic E-state index is 0.107. The van der Waals surface area contributed by atoms with E-state index in [-0.39, 0.29) is 30.2 Å². The van der Waals surface area contributed by atoms with Gasteiger partial charge in [0.1, 0.15) is 17.5 Å². The van der Waals surface area contributed by atoms with Gasteiger partial charge in [0.2, 0.25) is 24.5 Å². The molecule has 3 amide bonds. The maximum atomic E-state index is 13.3. The van der Waals surface area contributed by atoms with Crippen molar-refractivity contribution in [3.63, 3.8) is 0 Å². The molecule has 2 aromatic rings. The summed E-state index contributed by atoms with van der Waals surface area (Å²) in [5.74, 6) is -0.856. The third kappa shape index (κ3) is 6.63. The average Bonchev–Trinajstić information content (AvgIpc) is 3.33. The zero-order chi connectivity index (χ0) is 25.5. The van der Waals surface area contributed by atoms with E-state index in [1.807, 2.05) is 6.07 Å². The Labute approximate surface area is 213 Å². The lowest BCUT2D eigenvalue weighted by Gasteiger charge is -2.31. The van der Waals surface area contributed by atoms with Gasteiger partial charge in [-0.25, -0.2) is 0 Å². The first-order chi connectivity index (χ1) is 17.4. The molecule has 36 heavy (non-hydrogen) atoms. The lowest BCUT2D eigenvalue weighted by atomic mass is 9.95. The van der Waals surface area contributed by atoms with Gasteiger partial charge in [-0.05, 0) is 44.0 Å². The van der Waals surface area contributed by atoms with Crippen molar-refractivity contribution in [2.45, 2.75) is 51.1 Å². The number of nitrogens with zero attached hydrogens (tertiary/aromatic N) is 1. The second kappa shape index (κ2) is 12.0. The number of fused-ring (bicyclic) bond motifs is 1. The summed E-state index contributed by atoms with van der Waals surface area (Å²) in [6.45, 7) is 1.78. The SMILES string of the molecule is C[C@@H](C(=O)NC1CCCCC1)N(C(=O)C[S@@](=O)CC(=O)Nc1ccc2c(c1)OCO2)c1ccccc1.